The van der Waals surface area contributed by atoms with E-state index in [0.717, 1.165) is 12.0 Å². The van der Waals surface area contributed by atoms with E-state index in [0.29, 0.717) is 5.56 Å². The summed E-state index contributed by atoms with van der Waals surface area (Å²) in [5.74, 6) is -2.88. The Bertz CT molecular complexity index is 502. The quantitative estimate of drug-likeness (QED) is 0.811. The van der Waals surface area contributed by atoms with Crippen LogP contribution < -0.4 is 5.73 Å². The number of benzene rings is 1. The number of hydrogen-bond acceptors (Lipinski definition) is 4. The third-order valence-corrected chi connectivity index (χ3v) is 3.05. The number of carbonyl (C=O) groups is 2. The summed E-state index contributed by atoms with van der Waals surface area (Å²) in [6, 6.07) is 5.85. The fourth-order valence-corrected chi connectivity index (χ4v) is 1.96. The molecule has 1 aromatic rings. The summed E-state index contributed by atoms with van der Waals surface area (Å²) >= 11 is 0. The molecular formula is C16H23NO4. The molecule has 5 heteroatoms. The highest BCUT2D eigenvalue weighted by molar-refractivity contribution is 5.87. The molecule has 21 heavy (non-hydrogen) atoms. The fraction of sp³-hybridized carbons (Fsp3) is 0.500. The Labute approximate surface area is 125 Å². The molecule has 3 N–H and O–H groups in total. The topological polar surface area (TPSA) is 89.6 Å². The number of rotatable bonds is 5. The lowest BCUT2D eigenvalue weighted by Gasteiger charge is -2.26. The molecule has 0 aliphatic carbocycles. The molecule has 5 nitrogen and oxygen atoms in total. The second kappa shape index (κ2) is 6.72. The maximum absolute atomic E-state index is 12.3. The van der Waals surface area contributed by atoms with Gasteiger partial charge in [-0.25, -0.2) is 0 Å². The Kier molecular flexibility index (Phi) is 5.49. The minimum absolute atomic E-state index is 0.552. The SMILES string of the molecule is CCc1ccc(C(C(=O)OC(C)(C)C)C(N)C(=O)O)cc1. The lowest BCUT2D eigenvalue weighted by Crippen LogP contribution is -2.42. The molecule has 0 amide bonds. The van der Waals surface area contributed by atoms with Crippen molar-refractivity contribution in [1.29, 1.82) is 0 Å². The zero-order chi connectivity index (χ0) is 16.2. The lowest BCUT2D eigenvalue weighted by atomic mass is 9.91. The zero-order valence-electron chi connectivity index (χ0n) is 12.9. The molecule has 0 bridgehead atoms. The van der Waals surface area contributed by atoms with Gasteiger partial charge >= 0.3 is 11.9 Å². The van der Waals surface area contributed by atoms with E-state index in [1.54, 1.807) is 32.9 Å². The van der Waals surface area contributed by atoms with E-state index in [1.807, 2.05) is 19.1 Å². The number of hydrogen-bond donors (Lipinski definition) is 2. The van der Waals surface area contributed by atoms with Crippen LogP contribution in [-0.2, 0) is 20.7 Å². The highest BCUT2D eigenvalue weighted by atomic mass is 16.6. The third kappa shape index (κ3) is 4.86. The number of carboxylic acids is 1. The molecule has 0 fully saturated rings. The first-order chi connectivity index (χ1) is 9.65. The first-order valence-electron chi connectivity index (χ1n) is 6.95. The minimum atomic E-state index is -1.34. The first kappa shape index (κ1) is 17.2. The molecule has 0 saturated heterocycles. The van der Waals surface area contributed by atoms with Crippen LogP contribution in [-0.4, -0.2) is 28.7 Å². The van der Waals surface area contributed by atoms with E-state index < -0.39 is 29.5 Å². The standard InChI is InChI=1S/C16H23NO4/c1-5-10-6-8-11(9-7-10)12(13(17)14(18)19)15(20)21-16(2,3)4/h6-9,12-13H,5,17H2,1-4H3,(H,18,19). The molecule has 116 valence electrons. The van der Waals surface area contributed by atoms with Crippen LogP contribution in [0.25, 0.3) is 0 Å². The van der Waals surface area contributed by atoms with Gasteiger partial charge in [0.2, 0.25) is 0 Å². The predicted molar refractivity (Wildman–Crippen MR) is 80.0 cm³/mol. The summed E-state index contributed by atoms with van der Waals surface area (Å²) in [5, 5.41) is 9.13. The van der Waals surface area contributed by atoms with Crippen LogP contribution in [0.3, 0.4) is 0 Å². The van der Waals surface area contributed by atoms with Crippen molar-refractivity contribution in [2.45, 2.75) is 51.7 Å². The molecule has 0 heterocycles. The van der Waals surface area contributed by atoms with Gasteiger partial charge in [0.25, 0.3) is 0 Å². The van der Waals surface area contributed by atoms with Gasteiger partial charge in [-0.1, -0.05) is 31.2 Å². The van der Waals surface area contributed by atoms with Crippen LogP contribution in [0.15, 0.2) is 24.3 Å². The Morgan fingerprint density at radius 3 is 2.14 bits per heavy atom. The van der Waals surface area contributed by atoms with Crippen molar-refractivity contribution in [3.63, 3.8) is 0 Å². The van der Waals surface area contributed by atoms with Gasteiger partial charge < -0.3 is 15.6 Å². The number of ether oxygens (including phenoxy) is 1. The van der Waals surface area contributed by atoms with Crippen molar-refractivity contribution in [3.05, 3.63) is 35.4 Å². The Balaban J connectivity index is 3.12. The number of esters is 1. The number of aryl methyl sites for hydroxylation is 1. The Hall–Kier alpha value is -1.88. The van der Waals surface area contributed by atoms with E-state index in [2.05, 4.69) is 0 Å². The van der Waals surface area contributed by atoms with Crippen molar-refractivity contribution in [2.75, 3.05) is 0 Å². The van der Waals surface area contributed by atoms with Crippen LogP contribution in [0.1, 0.15) is 44.7 Å². The molecule has 0 radical (unpaired) electrons. The van der Waals surface area contributed by atoms with E-state index in [4.69, 9.17) is 15.6 Å². The van der Waals surface area contributed by atoms with Crippen LogP contribution in [0.4, 0.5) is 0 Å². The maximum atomic E-state index is 12.3. The molecule has 1 rings (SSSR count). The average Bonchev–Trinajstić information content (AvgIpc) is 2.37. The van der Waals surface area contributed by atoms with Crippen molar-refractivity contribution in [3.8, 4) is 0 Å². The molecule has 0 aliphatic rings. The summed E-state index contributed by atoms with van der Waals surface area (Å²) in [4.78, 5) is 23.5. The molecule has 2 unspecified atom stereocenters. The van der Waals surface area contributed by atoms with Gasteiger partial charge in [0.1, 0.15) is 17.6 Å². The average molecular weight is 293 g/mol. The molecule has 2 atom stereocenters. The lowest BCUT2D eigenvalue weighted by molar-refractivity contribution is -0.160. The van der Waals surface area contributed by atoms with Crippen LogP contribution in [0.2, 0.25) is 0 Å². The number of nitrogens with two attached hydrogens (primary N) is 1. The van der Waals surface area contributed by atoms with Gasteiger partial charge in [0, 0.05) is 0 Å². The van der Waals surface area contributed by atoms with Crippen LogP contribution >= 0.6 is 0 Å². The zero-order valence-corrected chi connectivity index (χ0v) is 12.9. The van der Waals surface area contributed by atoms with Crippen molar-refractivity contribution in [1.82, 2.24) is 0 Å². The summed E-state index contributed by atoms with van der Waals surface area (Å²) in [6.45, 7) is 7.21. The third-order valence-electron chi connectivity index (χ3n) is 3.05. The number of carboxylic acid groups (broad SMARTS) is 1. The maximum Gasteiger partial charge on any atom is 0.321 e. The Morgan fingerprint density at radius 1 is 1.24 bits per heavy atom. The van der Waals surface area contributed by atoms with E-state index in [-0.39, 0.29) is 0 Å². The molecule has 1 aromatic carbocycles. The number of carbonyl (C=O) groups excluding carboxylic acids is 1. The molecule has 0 saturated carbocycles. The van der Waals surface area contributed by atoms with Gasteiger partial charge in [-0.05, 0) is 38.3 Å². The summed E-state index contributed by atoms with van der Waals surface area (Å²) in [5.41, 5.74) is 6.64. The van der Waals surface area contributed by atoms with Gasteiger partial charge in [-0.3, -0.25) is 9.59 Å². The van der Waals surface area contributed by atoms with Crippen LogP contribution in [0, 0.1) is 0 Å². The molecule has 0 aliphatic heterocycles. The van der Waals surface area contributed by atoms with Crippen LogP contribution in [0.5, 0.6) is 0 Å². The monoisotopic (exact) mass is 293 g/mol. The van der Waals surface area contributed by atoms with E-state index in [1.165, 1.54) is 0 Å². The highest BCUT2D eigenvalue weighted by Gasteiger charge is 2.35. The fourth-order valence-electron chi connectivity index (χ4n) is 1.96. The highest BCUT2D eigenvalue weighted by Crippen LogP contribution is 2.24. The van der Waals surface area contributed by atoms with Gasteiger partial charge in [0.15, 0.2) is 0 Å². The second-order valence-corrected chi connectivity index (χ2v) is 5.97. The molecule has 0 spiro atoms. The Morgan fingerprint density at radius 2 is 1.76 bits per heavy atom. The molecular weight excluding hydrogens is 270 g/mol. The summed E-state index contributed by atoms with van der Waals surface area (Å²) in [6.07, 6.45) is 0.863. The summed E-state index contributed by atoms with van der Waals surface area (Å²) < 4.78 is 5.30. The smallest absolute Gasteiger partial charge is 0.321 e. The minimum Gasteiger partial charge on any atom is -0.480 e. The molecule has 0 aromatic heterocycles. The largest absolute Gasteiger partial charge is 0.480 e. The van der Waals surface area contributed by atoms with Crippen molar-refractivity contribution in [2.24, 2.45) is 5.73 Å². The van der Waals surface area contributed by atoms with Gasteiger partial charge in [0.05, 0.1) is 0 Å². The van der Waals surface area contributed by atoms with Gasteiger partial charge in [-0.15, -0.1) is 0 Å². The van der Waals surface area contributed by atoms with Crippen molar-refractivity contribution >= 4 is 11.9 Å². The second-order valence-electron chi connectivity index (χ2n) is 5.97. The first-order valence-corrected chi connectivity index (χ1v) is 6.95. The van der Waals surface area contributed by atoms with E-state index in [9.17, 15) is 9.59 Å². The predicted octanol–water partition coefficient (Wildman–Crippen LogP) is 2.09. The van der Waals surface area contributed by atoms with Gasteiger partial charge in [-0.2, -0.15) is 0 Å². The van der Waals surface area contributed by atoms with E-state index >= 15 is 0 Å². The summed E-state index contributed by atoms with van der Waals surface area (Å²) in [7, 11) is 0. The van der Waals surface area contributed by atoms with Crippen molar-refractivity contribution < 1.29 is 19.4 Å². The number of aliphatic carboxylic acids is 1. The normalized spacial score (nSPS) is 14.3.